The summed E-state index contributed by atoms with van der Waals surface area (Å²) in [5.74, 6) is 1.33. The third-order valence-corrected chi connectivity index (χ3v) is 5.07. The number of likely N-dealkylation sites (tertiary alicyclic amines) is 1. The van der Waals surface area contributed by atoms with E-state index in [2.05, 4.69) is 27.0 Å². The predicted octanol–water partition coefficient (Wildman–Crippen LogP) is 2.53. The first kappa shape index (κ1) is 17.2. The van der Waals surface area contributed by atoms with Crippen molar-refractivity contribution < 1.29 is 4.79 Å². The lowest BCUT2D eigenvalue weighted by Gasteiger charge is -2.29. The summed E-state index contributed by atoms with van der Waals surface area (Å²) in [6, 6.07) is 3.76. The van der Waals surface area contributed by atoms with Crippen molar-refractivity contribution in [3.05, 3.63) is 23.9 Å². The summed E-state index contributed by atoms with van der Waals surface area (Å²) in [5.41, 5.74) is 0.716. The SMILES string of the molecule is CC(CNC(=O)c1cccnc1N1CCCCC1)CN1CCCC1. The van der Waals surface area contributed by atoms with Gasteiger partial charge in [-0.3, -0.25) is 4.79 Å². The van der Waals surface area contributed by atoms with E-state index >= 15 is 0 Å². The lowest BCUT2D eigenvalue weighted by Crippen LogP contribution is -2.36. The number of rotatable bonds is 6. The van der Waals surface area contributed by atoms with Gasteiger partial charge in [0.2, 0.25) is 0 Å². The molecule has 2 aliphatic heterocycles. The maximum absolute atomic E-state index is 12.7. The molecule has 1 atom stereocenters. The van der Waals surface area contributed by atoms with Gasteiger partial charge in [-0.2, -0.15) is 0 Å². The molecule has 0 radical (unpaired) electrons. The Morgan fingerprint density at radius 2 is 1.88 bits per heavy atom. The molecule has 0 aliphatic carbocycles. The molecular weight excluding hydrogens is 300 g/mol. The van der Waals surface area contributed by atoms with Crippen molar-refractivity contribution in [1.29, 1.82) is 0 Å². The molecule has 1 amide bonds. The third kappa shape index (κ3) is 4.47. The highest BCUT2D eigenvalue weighted by atomic mass is 16.1. The second-order valence-corrected chi connectivity index (χ2v) is 7.25. The van der Waals surface area contributed by atoms with E-state index in [-0.39, 0.29) is 5.91 Å². The topological polar surface area (TPSA) is 48.5 Å². The van der Waals surface area contributed by atoms with Gasteiger partial charge < -0.3 is 15.1 Å². The molecule has 3 heterocycles. The van der Waals surface area contributed by atoms with Crippen LogP contribution in [0.25, 0.3) is 0 Å². The Hall–Kier alpha value is -1.62. The van der Waals surface area contributed by atoms with Crippen LogP contribution in [0.2, 0.25) is 0 Å². The molecule has 2 saturated heterocycles. The second kappa shape index (κ2) is 8.47. The van der Waals surface area contributed by atoms with Crippen LogP contribution in [0.1, 0.15) is 49.4 Å². The van der Waals surface area contributed by atoms with Crippen LogP contribution in [-0.4, -0.2) is 55.1 Å². The van der Waals surface area contributed by atoms with E-state index in [9.17, 15) is 4.79 Å². The lowest BCUT2D eigenvalue weighted by atomic mass is 10.1. The summed E-state index contributed by atoms with van der Waals surface area (Å²) >= 11 is 0. The van der Waals surface area contributed by atoms with Crippen LogP contribution < -0.4 is 10.2 Å². The highest BCUT2D eigenvalue weighted by Gasteiger charge is 2.20. The van der Waals surface area contributed by atoms with Gasteiger partial charge in [0.25, 0.3) is 5.91 Å². The summed E-state index contributed by atoms with van der Waals surface area (Å²) in [6.45, 7) is 8.44. The van der Waals surface area contributed by atoms with Gasteiger partial charge in [-0.25, -0.2) is 4.98 Å². The lowest BCUT2D eigenvalue weighted by molar-refractivity contribution is 0.0945. The Bertz CT molecular complexity index is 536. The fourth-order valence-corrected chi connectivity index (χ4v) is 3.76. The van der Waals surface area contributed by atoms with Crippen LogP contribution in [0.3, 0.4) is 0 Å². The Kier molecular flexibility index (Phi) is 6.07. The Balaban J connectivity index is 1.56. The molecule has 132 valence electrons. The first-order valence-corrected chi connectivity index (χ1v) is 9.44. The molecule has 5 heteroatoms. The maximum atomic E-state index is 12.7. The Morgan fingerprint density at radius 3 is 2.62 bits per heavy atom. The minimum absolute atomic E-state index is 0.0111. The van der Waals surface area contributed by atoms with Crippen LogP contribution >= 0.6 is 0 Å². The molecule has 0 aromatic carbocycles. The van der Waals surface area contributed by atoms with Crippen LogP contribution in [0.15, 0.2) is 18.3 Å². The third-order valence-electron chi connectivity index (χ3n) is 5.07. The molecule has 1 unspecified atom stereocenters. The van der Waals surface area contributed by atoms with Gasteiger partial charge in [0.1, 0.15) is 5.82 Å². The molecule has 2 aliphatic rings. The summed E-state index contributed by atoms with van der Waals surface area (Å²) in [5, 5.41) is 3.12. The van der Waals surface area contributed by atoms with Gasteiger partial charge in [0.05, 0.1) is 5.56 Å². The monoisotopic (exact) mass is 330 g/mol. The molecule has 1 aromatic rings. The van der Waals surface area contributed by atoms with Crippen LogP contribution in [0.4, 0.5) is 5.82 Å². The molecule has 24 heavy (non-hydrogen) atoms. The van der Waals surface area contributed by atoms with E-state index < -0.39 is 0 Å². The zero-order valence-corrected chi connectivity index (χ0v) is 14.8. The van der Waals surface area contributed by atoms with E-state index in [1.165, 1.54) is 45.2 Å². The summed E-state index contributed by atoms with van der Waals surface area (Å²) < 4.78 is 0. The van der Waals surface area contributed by atoms with Crippen LogP contribution in [0, 0.1) is 5.92 Å². The van der Waals surface area contributed by atoms with Crippen molar-refractivity contribution in [2.75, 3.05) is 44.2 Å². The highest BCUT2D eigenvalue weighted by Crippen LogP contribution is 2.21. The average Bonchev–Trinajstić information content (AvgIpc) is 3.13. The molecule has 0 bridgehead atoms. The van der Waals surface area contributed by atoms with Gasteiger partial charge >= 0.3 is 0 Å². The van der Waals surface area contributed by atoms with Gasteiger partial charge in [0.15, 0.2) is 0 Å². The number of pyridine rings is 1. The highest BCUT2D eigenvalue weighted by molar-refractivity contribution is 5.98. The minimum Gasteiger partial charge on any atom is -0.356 e. The zero-order valence-electron chi connectivity index (χ0n) is 14.8. The average molecular weight is 330 g/mol. The predicted molar refractivity (Wildman–Crippen MR) is 97.5 cm³/mol. The van der Waals surface area contributed by atoms with Gasteiger partial charge in [0, 0.05) is 32.4 Å². The van der Waals surface area contributed by atoms with E-state index in [1.807, 2.05) is 12.1 Å². The van der Waals surface area contributed by atoms with Crippen molar-refractivity contribution in [2.24, 2.45) is 5.92 Å². The van der Waals surface area contributed by atoms with Crippen LogP contribution in [0.5, 0.6) is 0 Å². The molecule has 5 nitrogen and oxygen atoms in total. The van der Waals surface area contributed by atoms with E-state index in [0.717, 1.165) is 32.0 Å². The van der Waals surface area contributed by atoms with E-state index in [4.69, 9.17) is 0 Å². The molecular formula is C19H30N4O. The van der Waals surface area contributed by atoms with Crippen molar-refractivity contribution in [3.63, 3.8) is 0 Å². The number of amides is 1. The van der Waals surface area contributed by atoms with Crippen molar-refractivity contribution in [3.8, 4) is 0 Å². The number of nitrogens with one attached hydrogen (secondary N) is 1. The number of hydrogen-bond acceptors (Lipinski definition) is 4. The molecule has 0 spiro atoms. The maximum Gasteiger partial charge on any atom is 0.255 e. The summed E-state index contributed by atoms with van der Waals surface area (Å²) in [7, 11) is 0. The molecule has 1 N–H and O–H groups in total. The smallest absolute Gasteiger partial charge is 0.255 e. The second-order valence-electron chi connectivity index (χ2n) is 7.25. The molecule has 2 fully saturated rings. The number of carbonyl (C=O) groups excluding carboxylic acids is 1. The fourth-order valence-electron chi connectivity index (χ4n) is 3.76. The van der Waals surface area contributed by atoms with Crippen molar-refractivity contribution in [1.82, 2.24) is 15.2 Å². The molecule has 1 aromatic heterocycles. The quantitative estimate of drug-likeness (QED) is 0.871. The van der Waals surface area contributed by atoms with Gasteiger partial charge in [-0.15, -0.1) is 0 Å². The Morgan fingerprint density at radius 1 is 1.17 bits per heavy atom. The number of piperidine rings is 1. The first-order valence-electron chi connectivity index (χ1n) is 9.44. The number of anilines is 1. The van der Waals surface area contributed by atoms with Crippen LogP contribution in [-0.2, 0) is 0 Å². The zero-order chi connectivity index (χ0) is 16.8. The Labute approximate surface area is 145 Å². The van der Waals surface area contributed by atoms with Crippen molar-refractivity contribution in [2.45, 2.75) is 39.0 Å². The van der Waals surface area contributed by atoms with Gasteiger partial charge in [-0.1, -0.05) is 6.92 Å². The number of hydrogen-bond donors (Lipinski definition) is 1. The van der Waals surface area contributed by atoms with Crippen molar-refractivity contribution >= 4 is 11.7 Å². The largest absolute Gasteiger partial charge is 0.356 e. The normalized spacial score (nSPS) is 20.1. The number of aromatic nitrogens is 1. The van der Waals surface area contributed by atoms with Gasteiger partial charge in [-0.05, 0) is 63.2 Å². The summed E-state index contributed by atoms with van der Waals surface area (Å²) in [6.07, 6.45) is 8.06. The summed E-state index contributed by atoms with van der Waals surface area (Å²) in [4.78, 5) is 21.9. The minimum atomic E-state index is 0.0111. The number of carbonyl (C=O) groups is 1. The number of nitrogens with zero attached hydrogens (tertiary/aromatic N) is 3. The molecule has 0 saturated carbocycles. The van der Waals surface area contributed by atoms with E-state index in [1.54, 1.807) is 6.20 Å². The first-order chi connectivity index (χ1) is 11.7. The van der Waals surface area contributed by atoms with E-state index in [0.29, 0.717) is 11.5 Å². The molecule has 3 rings (SSSR count). The standard InChI is InChI=1S/C19H30N4O/c1-16(15-22-10-5-6-11-22)14-21-19(24)17-8-7-9-20-18(17)23-12-3-2-4-13-23/h7-9,16H,2-6,10-15H2,1H3,(H,21,24). The fraction of sp³-hybridized carbons (Fsp3) is 0.684.